The Morgan fingerprint density at radius 1 is 0.917 bits per heavy atom. The molecule has 0 spiro atoms. The lowest BCUT2D eigenvalue weighted by atomic mass is 10.1. The number of nitrogens with one attached hydrogen (secondary N) is 3. The van der Waals surface area contributed by atoms with Crippen LogP contribution in [0.3, 0.4) is 0 Å². The van der Waals surface area contributed by atoms with Crippen LogP contribution in [-0.2, 0) is 17.6 Å². The second kappa shape index (κ2) is 9.47. The van der Waals surface area contributed by atoms with E-state index in [2.05, 4.69) is 16.0 Å². The number of likely N-dealkylation sites (N-methyl/N-ethyl adjacent to an activating group) is 1. The molecular formula is C19H23N3O2. The van der Waals surface area contributed by atoms with Crippen molar-refractivity contribution in [2.75, 3.05) is 7.05 Å². The molecule has 0 aliphatic heterocycles. The minimum absolute atomic E-state index is 0.212. The molecule has 0 fully saturated rings. The third kappa shape index (κ3) is 5.85. The van der Waals surface area contributed by atoms with Gasteiger partial charge in [0.25, 0.3) is 0 Å². The molecule has 2 atom stereocenters. The molecule has 0 bridgehead atoms. The number of carbonyl (C=O) groups excluding carboxylic acids is 2. The van der Waals surface area contributed by atoms with Crippen LogP contribution in [0, 0.1) is 0 Å². The molecule has 0 aliphatic rings. The molecule has 5 heteroatoms. The third-order valence-corrected chi connectivity index (χ3v) is 3.72. The predicted molar refractivity (Wildman–Crippen MR) is 94.7 cm³/mol. The van der Waals surface area contributed by atoms with Gasteiger partial charge in [0.1, 0.15) is 6.29 Å². The highest BCUT2D eigenvalue weighted by molar-refractivity contribution is 5.78. The largest absolute Gasteiger partial charge is 0.328 e. The molecule has 0 heterocycles. The van der Waals surface area contributed by atoms with E-state index in [-0.39, 0.29) is 12.2 Å². The highest BCUT2D eigenvalue weighted by Gasteiger charge is 2.15. The number of urea groups is 1. The number of hydrogen-bond donors (Lipinski definition) is 3. The Morgan fingerprint density at radius 3 is 1.96 bits per heavy atom. The summed E-state index contributed by atoms with van der Waals surface area (Å²) in [5.74, 6) is 0. The fraction of sp³-hybridized carbons (Fsp3) is 0.263. The summed E-state index contributed by atoms with van der Waals surface area (Å²) >= 11 is 0. The highest BCUT2D eigenvalue weighted by atomic mass is 16.2. The number of rotatable bonds is 8. The minimum atomic E-state index is -0.554. The van der Waals surface area contributed by atoms with Crippen molar-refractivity contribution < 1.29 is 9.59 Å². The quantitative estimate of drug-likeness (QED) is 0.513. The average molecular weight is 325 g/mol. The highest BCUT2D eigenvalue weighted by Crippen LogP contribution is 2.03. The van der Waals surface area contributed by atoms with Gasteiger partial charge in [0.15, 0.2) is 0 Å². The van der Waals surface area contributed by atoms with Crippen LogP contribution in [0.15, 0.2) is 60.7 Å². The fourth-order valence-corrected chi connectivity index (χ4v) is 2.44. The monoisotopic (exact) mass is 325 g/mol. The molecule has 24 heavy (non-hydrogen) atoms. The van der Waals surface area contributed by atoms with E-state index in [0.29, 0.717) is 12.8 Å². The van der Waals surface area contributed by atoms with E-state index >= 15 is 0 Å². The van der Waals surface area contributed by atoms with E-state index in [1.165, 1.54) is 0 Å². The number of carbonyl (C=O) groups is 2. The summed E-state index contributed by atoms with van der Waals surface area (Å²) < 4.78 is 0. The Hall–Kier alpha value is -2.66. The molecule has 126 valence electrons. The summed E-state index contributed by atoms with van der Waals surface area (Å²) in [4.78, 5) is 23.4. The van der Waals surface area contributed by atoms with Gasteiger partial charge < -0.3 is 20.7 Å². The molecule has 0 aliphatic carbocycles. The van der Waals surface area contributed by atoms with E-state index in [1.54, 1.807) is 7.05 Å². The van der Waals surface area contributed by atoms with Gasteiger partial charge in [-0.3, -0.25) is 0 Å². The molecule has 2 amide bonds. The Kier molecular flexibility index (Phi) is 6.98. The predicted octanol–water partition coefficient (Wildman–Crippen LogP) is 1.88. The van der Waals surface area contributed by atoms with Gasteiger partial charge in [-0.25, -0.2) is 4.79 Å². The van der Waals surface area contributed by atoms with Crippen LogP contribution in [0.2, 0.25) is 0 Å². The van der Waals surface area contributed by atoms with Crippen LogP contribution in [0.4, 0.5) is 4.79 Å². The van der Waals surface area contributed by atoms with Crippen LogP contribution >= 0.6 is 0 Å². The molecule has 0 radical (unpaired) electrons. The maximum atomic E-state index is 12.1. The van der Waals surface area contributed by atoms with Crippen LogP contribution < -0.4 is 16.0 Å². The van der Waals surface area contributed by atoms with Crippen LogP contribution in [0.1, 0.15) is 11.1 Å². The van der Waals surface area contributed by atoms with E-state index in [9.17, 15) is 9.59 Å². The zero-order chi connectivity index (χ0) is 17.2. The molecule has 3 N–H and O–H groups in total. The van der Waals surface area contributed by atoms with Crippen molar-refractivity contribution in [3.8, 4) is 0 Å². The standard InChI is InChI=1S/C19H23N3O2/c1-20-18(13-16-10-6-3-7-11-16)22-19(24)21-17(14-23)12-15-8-4-2-5-9-15/h2-11,14,17-18,20H,12-13H2,1H3,(H2,21,22,24). The van der Waals surface area contributed by atoms with Gasteiger partial charge in [0, 0.05) is 6.42 Å². The van der Waals surface area contributed by atoms with Gasteiger partial charge in [-0.1, -0.05) is 60.7 Å². The van der Waals surface area contributed by atoms with E-state index in [0.717, 1.165) is 17.4 Å². The minimum Gasteiger partial charge on any atom is -0.328 e. The Bertz CT molecular complexity index is 632. The molecule has 2 unspecified atom stereocenters. The first-order valence-electron chi connectivity index (χ1n) is 7.98. The zero-order valence-electron chi connectivity index (χ0n) is 13.7. The smallest absolute Gasteiger partial charge is 0.316 e. The van der Waals surface area contributed by atoms with Crippen molar-refractivity contribution in [1.29, 1.82) is 0 Å². The molecule has 5 nitrogen and oxygen atoms in total. The molecule has 2 aromatic carbocycles. The third-order valence-electron chi connectivity index (χ3n) is 3.72. The summed E-state index contributed by atoms with van der Waals surface area (Å²) in [5.41, 5.74) is 2.12. The zero-order valence-corrected chi connectivity index (χ0v) is 13.7. The van der Waals surface area contributed by atoms with Gasteiger partial charge in [-0.05, 0) is 24.6 Å². The molecular weight excluding hydrogens is 302 g/mol. The maximum Gasteiger partial charge on any atom is 0.316 e. The average Bonchev–Trinajstić information content (AvgIpc) is 2.62. The second-order valence-corrected chi connectivity index (χ2v) is 5.58. The lowest BCUT2D eigenvalue weighted by Gasteiger charge is -2.20. The van der Waals surface area contributed by atoms with Gasteiger partial charge in [-0.15, -0.1) is 0 Å². The van der Waals surface area contributed by atoms with Crippen LogP contribution in [0.25, 0.3) is 0 Å². The SMILES string of the molecule is CNC(Cc1ccccc1)NC(=O)NC(C=O)Cc1ccccc1. The van der Waals surface area contributed by atoms with Crippen LogP contribution in [-0.4, -0.2) is 31.6 Å². The lowest BCUT2D eigenvalue weighted by Crippen LogP contribution is -2.52. The molecule has 2 aromatic rings. The lowest BCUT2D eigenvalue weighted by molar-refractivity contribution is -0.109. The first kappa shape index (κ1) is 17.7. The summed E-state index contributed by atoms with van der Waals surface area (Å²) in [6, 6.07) is 18.6. The van der Waals surface area contributed by atoms with Gasteiger partial charge >= 0.3 is 6.03 Å². The summed E-state index contributed by atoms with van der Waals surface area (Å²) in [6.45, 7) is 0. The van der Waals surface area contributed by atoms with Crippen molar-refractivity contribution in [2.45, 2.75) is 25.0 Å². The van der Waals surface area contributed by atoms with Crippen LogP contribution in [0.5, 0.6) is 0 Å². The van der Waals surface area contributed by atoms with Crippen molar-refractivity contribution >= 4 is 12.3 Å². The van der Waals surface area contributed by atoms with E-state index in [4.69, 9.17) is 0 Å². The molecule has 0 aromatic heterocycles. The fourth-order valence-electron chi connectivity index (χ4n) is 2.44. The Balaban J connectivity index is 1.86. The van der Waals surface area contributed by atoms with Gasteiger partial charge in [0.05, 0.1) is 12.2 Å². The van der Waals surface area contributed by atoms with Crippen molar-refractivity contribution in [3.05, 3.63) is 71.8 Å². The first-order valence-corrected chi connectivity index (χ1v) is 7.98. The number of benzene rings is 2. The number of amides is 2. The molecule has 0 saturated heterocycles. The van der Waals surface area contributed by atoms with Gasteiger partial charge in [0.2, 0.25) is 0 Å². The van der Waals surface area contributed by atoms with Crippen molar-refractivity contribution in [3.63, 3.8) is 0 Å². The van der Waals surface area contributed by atoms with Crippen molar-refractivity contribution in [1.82, 2.24) is 16.0 Å². The normalized spacial score (nSPS) is 12.9. The topological polar surface area (TPSA) is 70.2 Å². The number of aldehydes is 1. The maximum absolute atomic E-state index is 12.1. The van der Waals surface area contributed by atoms with Gasteiger partial charge in [-0.2, -0.15) is 0 Å². The molecule has 2 rings (SSSR count). The first-order chi connectivity index (χ1) is 11.7. The Morgan fingerprint density at radius 2 is 1.46 bits per heavy atom. The van der Waals surface area contributed by atoms with E-state index < -0.39 is 6.04 Å². The summed E-state index contributed by atoms with van der Waals surface area (Å²) in [5, 5.41) is 8.62. The Labute approximate surface area is 142 Å². The molecule has 0 saturated carbocycles. The van der Waals surface area contributed by atoms with Crippen molar-refractivity contribution in [2.24, 2.45) is 0 Å². The summed E-state index contributed by atoms with van der Waals surface area (Å²) in [7, 11) is 1.79. The number of hydrogen-bond acceptors (Lipinski definition) is 3. The summed E-state index contributed by atoms with van der Waals surface area (Å²) in [6.07, 6.45) is 1.69. The van der Waals surface area contributed by atoms with E-state index in [1.807, 2.05) is 60.7 Å². The second-order valence-electron chi connectivity index (χ2n) is 5.58.